The van der Waals surface area contributed by atoms with Crippen LogP contribution < -0.4 is 0 Å². The van der Waals surface area contributed by atoms with Crippen molar-refractivity contribution in [1.82, 2.24) is 14.5 Å². The molecule has 3 heterocycles. The van der Waals surface area contributed by atoms with Gasteiger partial charge in [-0.05, 0) is 62.3 Å². The van der Waals surface area contributed by atoms with Crippen molar-refractivity contribution in [2.75, 3.05) is 32.8 Å². The van der Waals surface area contributed by atoms with Gasteiger partial charge in [0.25, 0.3) is 0 Å². The second kappa shape index (κ2) is 8.82. The minimum atomic E-state index is -0.733. The number of H-pyrrole nitrogens is 1. The van der Waals surface area contributed by atoms with Crippen molar-refractivity contribution >= 4 is 23.3 Å². The maximum atomic E-state index is 13.3. The van der Waals surface area contributed by atoms with Crippen LogP contribution in [0.1, 0.15) is 37.3 Å². The fourth-order valence-electron chi connectivity index (χ4n) is 4.99. The van der Waals surface area contributed by atoms with Gasteiger partial charge >= 0.3 is 0 Å². The molecule has 2 aliphatic heterocycles. The number of hydrogen-bond acceptors (Lipinski definition) is 4. The van der Waals surface area contributed by atoms with Gasteiger partial charge in [-0.25, -0.2) is 4.39 Å². The van der Waals surface area contributed by atoms with Crippen molar-refractivity contribution in [2.45, 2.75) is 37.5 Å². The van der Waals surface area contributed by atoms with E-state index in [-0.39, 0.29) is 5.82 Å². The molecular weight excluding hydrogens is 413 g/mol. The molecule has 1 N–H and O–H groups in total. The number of hydrogen-bond donors (Lipinski definition) is 1. The van der Waals surface area contributed by atoms with E-state index in [0.717, 1.165) is 61.2 Å². The molecule has 0 spiro atoms. The minimum absolute atomic E-state index is 0.241. The second-order valence-corrected chi connectivity index (χ2v) is 8.84. The monoisotopic (exact) mass is 441 g/mol. The summed E-state index contributed by atoms with van der Waals surface area (Å²) in [6.07, 6.45) is 3.92. The first-order valence-electron chi connectivity index (χ1n) is 11.1. The number of aromatic nitrogens is 2. The highest BCUT2D eigenvalue weighted by molar-refractivity contribution is 7.71. The lowest BCUT2D eigenvalue weighted by Gasteiger charge is -2.34. The molecule has 5 rings (SSSR count). The molecule has 5 nitrogen and oxygen atoms in total. The molecule has 0 radical (unpaired) electrons. The van der Waals surface area contributed by atoms with Gasteiger partial charge in [-0.1, -0.05) is 24.3 Å². The Balaban J connectivity index is 1.18. The molecule has 2 aromatic carbocycles. The SMILES string of the molecule is Fc1ccc(C2(CCCN3CCC(n4c(=S)[nH]c5ccccc54)CC3)OCCO2)cc1. The van der Waals surface area contributed by atoms with Crippen LogP contribution in [0.3, 0.4) is 0 Å². The van der Waals surface area contributed by atoms with Gasteiger partial charge in [0.05, 0.1) is 24.2 Å². The van der Waals surface area contributed by atoms with Gasteiger partial charge < -0.3 is 23.9 Å². The number of rotatable bonds is 6. The normalized spacial score (nSPS) is 19.9. The molecule has 0 amide bonds. The Bertz CT molecular complexity index is 1080. The van der Waals surface area contributed by atoms with E-state index in [1.54, 1.807) is 12.1 Å². The lowest BCUT2D eigenvalue weighted by molar-refractivity contribution is -0.172. The number of ether oxygens (including phenoxy) is 2. The molecule has 7 heteroatoms. The number of halogens is 1. The summed E-state index contributed by atoms with van der Waals surface area (Å²) in [4.78, 5) is 5.85. The molecule has 2 aliphatic rings. The molecule has 2 saturated heterocycles. The molecule has 0 atom stereocenters. The van der Waals surface area contributed by atoms with Crippen molar-refractivity contribution in [2.24, 2.45) is 0 Å². The summed E-state index contributed by atoms with van der Waals surface area (Å²) in [5.74, 6) is -0.974. The smallest absolute Gasteiger partial charge is 0.195 e. The zero-order valence-corrected chi connectivity index (χ0v) is 18.4. The van der Waals surface area contributed by atoms with Gasteiger partial charge in [0, 0.05) is 31.1 Å². The fraction of sp³-hybridized carbons (Fsp3) is 0.458. The van der Waals surface area contributed by atoms with E-state index < -0.39 is 5.79 Å². The van der Waals surface area contributed by atoms with Crippen LogP contribution in [-0.4, -0.2) is 47.3 Å². The lowest BCUT2D eigenvalue weighted by atomic mass is 9.99. The number of likely N-dealkylation sites (tertiary alicyclic amines) is 1. The zero-order chi connectivity index (χ0) is 21.3. The summed E-state index contributed by atoms with van der Waals surface area (Å²) in [6.45, 7) is 4.26. The summed E-state index contributed by atoms with van der Waals surface area (Å²) in [5, 5.41) is 0. The quantitative estimate of drug-likeness (QED) is 0.537. The zero-order valence-electron chi connectivity index (χ0n) is 17.6. The summed E-state index contributed by atoms with van der Waals surface area (Å²) in [6, 6.07) is 15.3. The van der Waals surface area contributed by atoms with E-state index >= 15 is 0 Å². The fourth-order valence-corrected chi connectivity index (χ4v) is 5.34. The predicted octanol–water partition coefficient (Wildman–Crippen LogP) is 5.15. The molecule has 164 valence electrons. The van der Waals surface area contributed by atoms with Crippen LogP contribution in [-0.2, 0) is 15.3 Å². The Hall–Kier alpha value is -2.06. The van der Waals surface area contributed by atoms with Crippen molar-refractivity contribution < 1.29 is 13.9 Å². The average molecular weight is 442 g/mol. The van der Waals surface area contributed by atoms with Crippen molar-refractivity contribution in [1.29, 1.82) is 0 Å². The van der Waals surface area contributed by atoms with Crippen molar-refractivity contribution in [3.63, 3.8) is 0 Å². The number of piperidine rings is 1. The molecule has 0 bridgehead atoms. The molecule has 0 saturated carbocycles. The molecule has 1 aromatic heterocycles. The number of imidazole rings is 1. The van der Waals surface area contributed by atoms with Crippen LogP contribution in [0.5, 0.6) is 0 Å². The van der Waals surface area contributed by atoms with Crippen LogP contribution >= 0.6 is 12.2 Å². The summed E-state index contributed by atoms with van der Waals surface area (Å²) in [7, 11) is 0. The predicted molar refractivity (Wildman–Crippen MR) is 121 cm³/mol. The van der Waals surface area contributed by atoms with Crippen LogP contribution in [0, 0.1) is 10.6 Å². The number of aromatic amines is 1. The van der Waals surface area contributed by atoms with Gasteiger partial charge in [-0.2, -0.15) is 0 Å². The summed E-state index contributed by atoms with van der Waals surface area (Å²) in [5.41, 5.74) is 3.21. The highest BCUT2D eigenvalue weighted by Crippen LogP contribution is 2.36. The summed E-state index contributed by atoms with van der Waals surface area (Å²) >= 11 is 5.60. The van der Waals surface area contributed by atoms with Crippen LogP contribution in [0.4, 0.5) is 4.39 Å². The number of nitrogens with zero attached hydrogens (tertiary/aromatic N) is 2. The Morgan fingerprint density at radius 1 is 1.03 bits per heavy atom. The first-order valence-corrected chi connectivity index (χ1v) is 11.5. The first kappa shape index (κ1) is 20.8. The lowest BCUT2D eigenvalue weighted by Crippen LogP contribution is -2.36. The number of para-hydroxylation sites is 2. The van der Waals surface area contributed by atoms with E-state index in [2.05, 4.69) is 32.7 Å². The molecule has 31 heavy (non-hydrogen) atoms. The first-order chi connectivity index (χ1) is 15.1. The third kappa shape index (κ3) is 4.20. The highest BCUT2D eigenvalue weighted by atomic mass is 32.1. The third-order valence-corrected chi connectivity index (χ3v) is 6.86. The minimum Gasteiger partial charge on any atom is -0.343 e. The number of nitrogens with one attached hydrogen (secondary N) is 1. The molecule has 2 fully saturated rings. The van der Waals surface area contributed by atoms with Crippen molar-refractivity contribution in [3.8, 4) is 0 Å². The number of benzene rings is 2. The van der Waals surface area contributed by atoms with Gasteiger partial charge in [0.15, 0.2) is 10.6 Å². The maximum Gasteiger partial charge on any atom is 0.195 e. The van der Waals surface area contributed by atoms with E-state index in [9.17, 15) is 4.39 Å². The third-order valence-electron chi connectivity index (χ3n) is 6.56. The molecular formula is C24H28FN3O2S. The average Bonchev–Trinajstić information content (AvgIpc) is 3.39. The van der Waals surface area contributed by atoms with E-state index in [1.165, 1.54) is 17.6 Å². The van der Waals surface area contributed by atoms with Crippen LogP contribution in [0.25, 0.3) is 11.0 Å². The Labute approximate surface area is 186 Å². The Kier molecular flexibility index (Phi) is 5.93. The van der Waals surface area contributed by atoms with Gasteiger partial charge in [-0.15, -0.1) is 0 Å². The van der Waals surface area contributed by atoms with E-state index in [4.69, 9.17) is 21.7 Å². The van der Waals surface area contributed by atoms with E-state index in [0.29, 0.717) is 19.3 Å². The van der Waals surface area contributed by atoms with Crippen molar-refractivity contribution in [3.05, 3.63) is 64.7 Å². The van der Waals surface area contributed by atoms with Gasteiger partial charge in [0.1, 0.15) is 5.82 Å². The number of fused-ring (bicyclic) bond motifs is 1. The molecule has 0 unspecified atom stereocenters. The maximum absolute atomic E-state index is 13.3. The molecule has 3 aromatic rings. The second-order valence-electron chi connectivity index (χ2n) is 8.45. The largest absolute Gasteiger partial charge is 0.343 e. The standard InChI is InChI=1S/C24H28FN3O2S/c25-19-8-6-18(7-9-19)24(29-16-17-30-24)12-3-13-27-14-10-20(11-15-27)28-22-5-2-1-4-21(22)26-23(28)31/h1-2,4-9,20H,3,10-17H2,(H,26,31). The topological polar surface area (TPSA) is 42.4 Å². The molecule has 0 aliphatic carbocycles. The van der Waals surface area contributed by atoms with Gasteiger partial charge in [-0.3, -0.25) is 0 Å². The Morgan fingerprint density at radius 3 is 2.48 bits per heavy atom. The Morgan fingerprint density at radius 2 is 1.74 bits per heavy atom. The van der Waals surface area contributed by atoms with Crippen LogP contribution in [0.2, 0.25) is 0 Å². The summed E-state index contributed by atoms with van der Waals surface area (Å²) < 4.78 is 28.4. The van der Waals surface area contributed by atoms with E-state index in [1.807, 2.05) is 6.07 Å². The van der Waals surface area contributed by atoms with Gasteiger partial charge in [0.2, 0.25) is 0 Å². The van der Waals surface area contributed by atoms with Crippen LogP contribution in [0.15, 0.2) is 48.5 Å². The highest BCUT2D eigenvalue weighted by Gasteiger charge is 2.38.